The van der Waals surface area contributed by atoms with Crippen molar-refractivity contribution in [1.29, 1.82) is 0 Å². The van der Waals surface area contributed by atoms with Gasteiger partial charge in [-0.25, -0.2) is 0 Å². The Morgan fingerprint density at radius 1 is 1.41 bits per heavy atom. The van der Waals surface area contributed by atoms with Crippen LogP contribution in [0.5, 0.6) is 5.88 Å². The molecular formula is C17H18N2OS2. The maximum atomic E-state index is 10.5. The number of benzene rings is 1. The molecule has 1 N–H and O–H groups in total. The van der Waals surface area contributed by atoms with E-state index in [1.54, 1.807) is 0 Å². The number of thiazole rings is 1. The van der Waals surface area contributed by atoms with Gasteiger partial charge in [-0.15, -0.1) is 11.3 Å². The first-order valence-electron chi connectivity index (χ1n) is 7.34. The molecular weight excluding hydrogens is 312 g/mol. The molecule has 2 heterocycles. The summed E-state index contributed by atoms with van der Waals surface area (Å²) in [7, 11) is 0. The molecule has 0 aliphatic carbocycles. The average Bonchev–Trinajstić information content (AvgIpc) is 2.96. The van der Waals surface area contributed by atoms with E-state index in [0.29, 0.717) is 3.95 Å². The summed E-state index contributed by atoms with van der Waals surface area (Å²) in [5.74, 6) is 0.258. The zero-order chi connectivity index (χ0) is 15.9. The Labute approximate surface area is 139 Å². The SMILES string of the molecule is CCC(C)n1c(O)c(/C=C2\C(C)=Nc3ccccc32)sc1=S. The van der Waals surface area contributed by atoms with Gasteiger partial charge >= 0.3 is 0 Å². The Hall–Kier alpha value is -1.72. The van der Waals surface area contributed by atoms with Gasteiger partial charge in [0.05, 0.1) is 10.6 Å². The van der Waals surface area contributed by atoms with E-state index < -0.39 is 0 Å². The first kappa shape index (κ1) is 15.2. The summed E-state index contributed by atoms with van der Waals surface area (Å²) in [6, 6.07) is 8.25. The van der Waals surface area contributed by atoms with Crippen molar-refractivity contribution in [3.05, 3.63) is 38.7 Å². The molecule has 5 heteroatoms. The maximum absolute atomic E-state index is 10.5. The third kappa shape index (κ3) is 2.44. The van der Waals surface area contributed by atoms with Crippen LogP contribution in [0.4, 0.5) is 5.69 Å². The van der Waals surface area contributed by atoms with Crippen molar-refractivity contribution in [2.75, 3.05) is 0 Å². The molecule has 0 saturated carbocycles. The highest BCUT2D eigenvalue weighted by atomic mass is 32.1. The fraction of sp³-hybridized carbons (Fsp3) is 0.294. The number of aromatic hydroxyl groups is 1. The van der Waals surface area contributed by atoms with Crippen LogP contribution in [0.2, 0.25) is 0 Å². The minimum Gasteiger partial charge on any atom is -0.493 e. The fourth-order valence-electron chi connectivity index (χ4n) is 2.61. The number of para-hydroxylation sites is 1. The first-order valence-corrected chi connectivity index (χ1v) is 8.56. The molecule has 1 aliphatic rings. The van der Waals surface area contributed by atoms with Gasteiger partial charge in [-0.3, -0.25) is 9.56 Å². The Balaban J connectivity index is 2.11. The Kier molecular flexibility index (Phi) is 4.02. The van der Waals surface area contributed by atoms with Crippen molar-refractivity contribution in [2.24, 2.45) is 4.99 Å². The van der Waals surface area contributed by atoms with Crippen LogP contribution in [-0.4, -0.2) is 15.4 Å². The van der Waals surface area contributed by atoms with E-state index >= 15 is 0 Å². The summed E-state index contributed by atoms with van der Waals surface area (Å²) in [6.45, 7) is 6.15. The van der Waals surface area contributed by atoms with Gasteiger partial charge in [0.25, 0.3) is 0 Å². The second-order valence-electron chi connectivity index (χ2n) is 5.46. The zero-order valence-electron chi connectivity index (χ0n) is 12.8. The van der Waals surface area contributed by atoms with Crippen molar-refractivity contribution >= 4 is 46.6 Å². The Morgan fingerprint density at radius 3 is 2.86 bits per heavy atom. The van der Waals surface area contributed by atoms with Gasteiger partial charge in [0.2, 0.25) is 5.88 Å². The van der Waals surface area contributed by atoms with E-state index in [4.69, 9.17) is 12.2 Å². The first-order chi connectivity index (χ1) is 10.5. The van der Waals surface area contributed by atoms with Crippen LogP contribution in [0.1, 0.15) is 43.7 Å². The van der Waals surface area contributed by atoms with Gasteiger partial charge in [0, 0.05) is 22.9 Å². The molecule has 1 aromatic carbocycles. The van der Waals surface area contributed by atoms with Gasteiger partial charge < -0.3 is 5.11 Å². The zero-order valence-corrected chi connectivity index (χ0v) is 14.5. The summed E-state index contributed by atoms with van der Waals surface area (Å²) in [5, 5.41) is 10.5. The molecule has 22 heavy (non-hydrogen) atoms. The molecule has 0 fully saturated rings. The summed E-state index contributed by atoms with van der Waals surface area (Å²) >= 11 is 6.86. The highest BCUT2D eigenvalue weighted by molar-refractivity contribution is 7.73. The normalized spacial score (nSPS) is 16.7. The smallest absolute Gasteiger partial charge is 0.210 e. The molecule has 0 saturated heterocycles. The quantitative estimate of drug-likeness (QED) is 0.744. The van der Waals surface area contributed by atoms with Crippen molar-refractivity contribution in [3.8, 4) is 5.88 Å². The fourth-order valence-corrected chi connectivity index (χ4v) is 4.06. The maximum Gasteiger partial charge on any atom is 0.210 e. The standard InChI is InChI=1S/C17H18N2OS2/c1-4-10(2)19-16(20)15(22-17(19)21)9-13-11(3)18-14-8-6-5-7-12(13)14/h5-10,20H,4H2,1-3H3/b13-9+. The molecule has 0 radical (unpaired) electrons. The number of aromatic nitrogens is 1. The minimum absolute atomic E-state index is 0.196. The highest BCUT2D eigenvalue weighted by Crippen LogP contribution is 2.39. The van der Waals surface area contributed by atoms with Crippen LogP contribution in [0.15, 0.2) is 29.3 Å². The number of fused-ring (bicyclic) bond motifs is 1. The van der Waals surface area contributed by atoms with Crippen LogP contribution in [0.25, 0.3) is 11.6 Å². The predicted molar refractivity (Wildman–Crippen MR) is 96.9 cm³/mol. The minimum atomic E-state index is 0.196. The van der Waals surface area contributed by atoms with Gasteiger partial charge in [-0.2, -0.15) is 0 Å². The summed E-state index contributed by atoms with van der Waals surface area (Å²) in [4.78, 5) is 5.38. The monoisotopic (exact) mass is 330 g/mol. The topological polar surface area (TPSA) is 37.5 Å². The van der Waals surface area contributed by atoms with Crippen molar-refractivity contribution in [1.82, 2.24) is 4.57 Å². The summed E-state index contributed by atoms with van der Waals surface area (Å²) in [6.07, 6.45) is 2.93. The van der Waals surface area contributed by atoms with Crippen LogP contribution < -0.4 is 0 Å². The highest BCUT2D eigenvalue weighted by Gasteiger charge is 2.20. The number of hydrogen-bond acceptors (Lipinski definition) is 4. The molecule has 1 unspecified atom stereocenters. The van der Waals surface area contributed by atoms with Crippen molar-refractivity contribution in [3.63, 3.8) is 0 Å². The lowest BCUT2D eigenvalue weighted by Gasteiger charge is -2.11. The molecule has 0 bridgehead atoms. The van der Waals surface area contributed by atoms with Gasteiger partial charge in [-0.1, -0.05) is 25.1 Å². The van der Waals surface area contributed by atoms with E-state index in [1.807, 2.05) is 35.8 Å². The molecule has 1 aliphatic heterocycles. The lowest BCUT2D eigenvalue weighted by Crippen LogP contribution is -2.02. The molecule has 1 aromatic heterocycles. The van der Waals surface area contributed by atoms with Crippen molar-refractivity contribution in [2.45, 2.75) is 33.2 Å². The second-order valence-corrected chi connectivity index (χ2v) is 7.13. The van der Waals surface area contributed by atoms with E-state index in [0.717, 1.165) is 33.8 Å². The predicted octanol–water partition coefficient (Wildman–Crippen LogP) is 5.60. The van der Waals surface area contributed by atoms with E-state index in [-0.39, 0.29) is 11.9 Å². The van der Waals surface area contributed by atoms with E-state index in [9.17, 15) is 5.11 Å². The molecule has 3 nitrogen and oxygen atoms in total. The number of aliphatic imine (C=N–C) groups is 1. The van der Waals surface area contributed by atoms with Crippen LogP contribution >= 0.6 is 23.6 Å². The van der Waals surface area contributed by atoms with Crippen LogP contribution in [0.3, 0.4) is 0 Å². The largest absolute Gasteiger partial charge is 0.493 e. The number of nitrogens with zero attached hydrogens (tertiary/aromatic N) is 2. The lowest BCUT2D eigenvalue weighted by atomic mass is 10.0. The molecule has 2 aromatic rings. The van der Waals surface area contributed by atoms with Crippen molar-refractivity contribution < 1.29 is 5.11 Å². The van der Waals surface area contributed by atoms with Crippen LogP contribution in [0, 0.1) is 3.95 Å². The average molecular weight is 330 g/mol. The third-order valence-corrected chi connectivity index (χ3v) is 5.36. The molecule has 114 valence electrons. The van der Waals surface area contributed by atoms with Gasteiger partial charge in [0.1, 0.15) is 0 Å². The second kappa shape index (κ2) is 5.82. The summed E-state index contributed by atoms with van der Waals surface area (Å²) in [5.41, 5.74) is 4.11. The number of hydrogen-bond donors (Lipinski definition) is 1. The molecule has 0 amide bonds. The third-order valence-electron chi connectivity index (χ3n) is 4.02. The van der Waals surface area contributed by atoms with E-state index in [2.05, 4.69) is 24.9 Å². The Bertz CT molecular complexity index is 843. The van der Waals surface area contributed by atoms with Gasteiger partial charge in [-0.05, 0) is 44.6 Å². The summed E-state index contributed by atoms with van der Waals surface area (Å²) < 4.78 is 2.54. The lowest BCUT2D eigenvalue weighted by molar-refractivity contribution is 0.384. The Morgan fingerprint density at radius 2 is 2.14 bits per heavy atom. The molecule has 0 spiro atoms. The van der Waals surface area contributed by atoms with Crippen LogP contribution in [-0.2, 0) is 0 Å². The number of allylic oxidation sites excluding steroid dienone is 1. The molecule has 3 rings (SSSR count). The number of rotatable bonds is 3. The van der Waals surface area contributed by atoms with Gasteiger partial charge in [0.15, 0.2) is 3.95 Å². The van der Waals surface area contributed by atoms with E-state index in [1.165, 1.54) is 11.3 Å². The molecule has 1 atom stereocenters.